The highest BCUT2D eigenvalue weighted by molar-refractivity contribution is 7.91. The van der Waals surface area contributed by atoms with Gasteiger partial charge in [-0.1, -0.05) is 0 Å². The van der Waals surface area contributed by atoms with Crippen LogP contribution in [0.25, 0.3) is 0 Å². The molecule has 15 heavy (non-hydrogen) atoms. The highest BCUT2D eigenvalue weighted by atomic mass is 32.2. The number of nitrogen functional groups attached to an aromatic ring is 1. The van der Waals surface area contributed by atoms with Gasteiger partial charge in [0.2, 0.25) is 0 Å². The summed E-state index contributed by atoms with van der Waals surface area (Å²) in [6.07, 6.45) is 4.52. The lowest BCUT2D eigenvalue weighted by molar-refractivity contribution is 0.445. The molecule has 1 saturated carbocycles. The van der Waals surface area contributed by atoms with E-state index >= 15 is 0 Å². The fraction of sp³-hybridized carbons (Fsp3) is 0.625. The highest BCUT2D eigenvalue weighted by Crippen LogP contribution is 2.34. The van der Waals surface area contributed by atoms with Crippen LogP contribution in [0.5, 0.6) is 0 Å². The molecule has 84 valence electrons. The summed E-state index contributed by atoms with van der Waals surface area (Å²) in [6.45, 7) is 0. The Morgan fingerprint density at radius 2 is 2.20 bits per heavy atom. The van der Waals surface area contributed by atoms with Gasteiger partial charge in [0, 0.05) is 12.3 Å². The lowest BCUT2D eigenvalue weighted by Gasteiger charge is -2.26. The van der Waals surface area contributed by atoms with Gasteiger partial charge in [0.1, 0.15) is 9.90 Å². The van der Waals surface area contributed by atoms with Gasteiger partial charge >= 0.3 is 0 Å². The largest absolute Gasteiger partial charge is 0.382 e. The van der Waals surface area contributed by atoms with E-state index in [0.717, 1.165) is 30.6 Å². The van der Waals surface area contributed by atoms with E-state index in [0.29, 0.717) is 11.0 Å². The smallest absolute Gasteiger partial charge is 0.182 e. The van der Waals surface area contributed by atoms with Crippen LogP contribution in [-0.2, 0) is 9.84 Å². The third-order valence-electron chi connectivity index (χ3n) is 2.49. The maximum absolute atomic E-state index is 11.5. The standard InChI is InChI=1S/C8H13N3O2S2/c1-15(12,13)6-7(9)11-14-8(6)10-5-3-2-4-5/h5,10H,2-4H2,1H3,(H2,9,11). The van der Waals surface area contributed by atoms with Crippen LogP contribution in [0, 0.1) is 0 Å². The minimum Gasteiger partial charge on any atom is -0.382 e. The number of nitrogens with two attached hydrogens (primary N) is 1. The first-order chi connectivity index (χ1) is 6.98. The predicted octanol–water partition coefficient (Wildman–Crippen LogP) is 1.09. The van der Waals surface area contributed by atoms with Gasteiger partial charge in [0.15, 0.2) is 15.7 Å². The molecule has 0 saturated heterocycles. The van der Waals surface area contributed by atoms with E-state index in [9.17, 15) is 8.42 Å². The van der Waals surface area contributed by atoms with Crippen LogP contribution in [0.4, 0.5) is 10.8 Å². The summed E-state index contributed by atoms with van der Waals surface area (Å²) >= 11 is 1.12. The lowest BCUT2D eigenvalue weighted by Crippen LogP contribution is -2.27. The monoisotopic (exact) mass is 247 g/mol. The Morgan fingerprint density at radius 1 is 1.53 bits per heavy atom. The molecule has 0 bridgehead atoms. The van der Waals surface area contributed by atoms with Crippen molar-refractivity contribution in [1.82, 2.24) is 4.37 Å². The van der Waals surface area contributed by atoms with Crippen molar-refractivity contribution in [3.8, 4) is 0 Å². The van der Waals surface area contributed by atoms with E-state index in [1.165, 1.54) is 6.42 Å². The third kappa shape index (κ3) is 2.07. The van der Waals surface area contributed by atoms with Crippen molar-refractivity contribution in [2.24, 2.45) is 0 Å². The zero-order valence-corrected chi connectivity index (χ0v) is 9.99. The summed E-state index contributed by atoms with van der Waals surface area (Å²) in [7, 11) is -3.29. The third-order valence-corrected chi connectivity index (χ3v) is 4.56. The first-order valence-electron chi connectivity index (χ1n) is 4.70. The Morgan fingerprint density at radius 3 is 2.67 bits per heavy atom. The Bertz CT molecular complexity index is 462. The van der Waals surface area contributed by atoms with Crippen molar-refractivity contribution in [2.45, 2.75) is 30.2 Å². The van der Waals surface area contributed by atoms with Gasteiger partial charge in [-0.3, -0.25) is 0 Å². The van der Waals surface area contributed by atoms with E-state index in [2.05, 4.69) is 9.69 Å². The van der Waals surface area contributed by atoms with Crippen molar-refractivity contribution < 1.29 is 8.42 Å². The second-order valence-corrected chi connectivity index (χ2v) is 6.50. The fourth-order valence-electron chi connectivity index (χ4n) is 1.48. The van der Waals surface area contributed by atoms with E-state index in [4.69, 9.17) is 5.73 Å². The van der Waals surface area contributed by atoms with Crippen LogP contribution in [0.15, 0.2) is 4.90 Å². The summed E-state index contributed by atoms with van der Waals surface area (Å²) < 4.78 is 26.8. The molecule has 0 aliphatic heterocycles. The molecule has 1 aliphatic rings. The van der Waals surface area contributed by atoms with Gasteiger partial charge in [-0.05, 0) is 30.8 Å². The van der Waals surface area contributed by atoms with Crippen molar-refractivity contribution in [3.05, 3.63) is 0 Å². The highest BCUT2D eigenvalue weighted by Gasteiger charge is 2.25. The number of rotatable bonds is 3. The van der Waals surface area contributed by atoms with E-state index in [1.807, 2.05) is 0 Å². The van der Waals surface area contributed by atoms with Crippen LogP contribution in [0.1, 0.15) is 19.3 Å². The molecule has 1 aromatic heterocycles. The first kappa shape index (κ1) is 10.7. The Balaban J connectivity index is 2.31. The van der Waals surface area contributed by atoms with Crippen LogP contribution in [-0.4, -0.2) is 25.1 Å². The summed E-state index contributed by atoms with van der Waals surface area (Å²) in [6, 6.07) is 0.380. The topological polar surface area (TPSA) is 85.1 Å². The zero-order chi connectivity index (χ0) is 11.1. The van der Waals surface area contributed by atoms with Gasteiger partial charge in [-0.2, -0.15) is 4.37 Å². The molecule has 2 rings (SSSR count). The van der Waals surface area contributed by atoms with Gasteiger partial charge in [0.05, 0.1) is 0 Å². The zero-order valence-electron chi connectivity index (χ0n) is 8.36. The molecular weight excluding hydrogens is 234 g/mol. The summed E-state index contributed by atoms with van der Waals surface area (Å²) in [5.41, 5.74) is 5.54. The molecular formula is C8H13N3O2S2. The van der Waals surface area contributed by atoms with Crippen LogP contribution >= 0.6 is 11.5 Å². The van der Waals surface area contributed by atoms with Crippen LogP contribution in [0.2, 0.25) is 0 Å². The number of nitrogens with zero attached hydrogens (tertiary/aromatic N) is 1. The number of sulfone groups is 1. The second kappa shape index (κ2) is 3.64. The number of nitrogens with one attached hydrogen (secondary N) is 1. The van der Waals surface area contributed by atoms with Gasteiger partial charge < -0.3 is 11.1 Å². The maximum atomic E-state index is 11.5. The predicted molar refractivity (Wildman–Crippen MR) is 60.9 cm³/mol. The summed E-state index contributed by atoms with van der Waals surface area (Å²) in [5.74, 6) is 0.101. The molecule has 0 amide bonds. The molecule has 1 aromatic rings. The van der Waals surface area contributed by atoms with Crippen molar-refractivity contribution in [2.75, 3.05) is 17.3 Å². The number of anilines is 2. The maximum Gasteiger partial charge on any atom is 0.182 e. The number of hydrogen-bond acceptors (Lipinski definition) is 6. The molecule has 3 N–H and O–H groups in total. The molecule has 0 unspecified atom stereocenters. The molecule has 7 heteroatoms. The van der Waals surface area contributed by atoms with Crippen molar-refractivity contribution in [1.29, 1.82) is 0 Å². The molecule has 5 nitrogen and oxygen atoms in total. The quantitative estimate of drug-likeness (QED) is 0.835. The average Bonchev–Trinajstić information content (AvgIpc) is 2.38. The molecule has 1 aliphatic carbocycles. The first-order valence-corrected chi connectivity index (χ1v) is 7.36. The second-order valence-electron chi connectivity index (χ2n) is 3.77. The molecule has 0 radical (unpaired) electrons. The van der Waals surface area contributed by atoms with Crippen molar-refractivity contribution >= 4 is 32.2 Å². The van der Waals surface area contributed by atoms with Gasteiger partial charge in [0.25, 0.3) is 0 Å². The van der Waals surface area contributed by atoms with E-state index in [1.54, 1.807) is 0 Å². The fourth-order valence-corrected chi connectivity index (χ4v) is 3.61. The Kier molecular flexibility index (Phi) is 2.59. The van der Waals surface area contributed by atoms with Crippen LogP contribution in [0.3, 0.4) is 0 Å². The normalized spacial score (nSPS) is 17.4. The number of aromatic nitrogens is 1. The summed E-state index contributed by atoms with van der Waals surface area (Å²) in [5, 5.41) is 3.75. The van der Waals surface area contributed by atoms with Crippen molar-refractivity contribution in [3.63, 3.8) is 0 Å². The molecule has 1 heterocycles. The average molecular weight is 247 g/mol. The van der Waals surface area contributed by atoms with E-state index in [-0.39, 0.29) is 10.7 Å². The molecule has 0 spiro atoms. The van der Waals surface area contributed by atoms with Crippen LogP contribution < -0.4 is 11.1 Å². The Labute approximate surface area is 92.8 Å². The SMILES string of the molecule is CS(=O)(=O)c1c(N)nsc1NC1CCC1. The van der Waals surface area contributed by atoms with Gasteiger partial charge in [-0.25, -0.2) is 8.42 Å². The minimum absolute atomic E-state index is 0.101. The number of hydrogen-bond donors (Lipinski definition) is 2. The minimum atomic E-state index is -3.29. The molecule has 1 fully saturated rings. The summed E-state index contributed by atoms with van der Waals surface area (Å²) in [4.78, 5) is 0.152. The lowest BCUT2D eigenvalue weighted by atomic mass is 9.93. The Hall–Kier alpha value is -0.820. The van der Waals surface area contributed by atoms with E-state index < -0.39 is 9.84 Å². The molecule has 0 atom stereocenters. The molecule has 0 aromatic carbocycles. The van der Waals surface area contributed by atoms with Gasteiger partial charge in [-0.15, -0.1) is 0 Å².